The van der Waals surface area contributed by atoms with Crippen molar-refractivity contribution < 1.29 is 14.1 Å². The van der Waals surface area contributed by atoms with E-state index in [1.54, 1.807) is 18.3 Å². The molecule has 2 aromatic rings. The molecule has 1 aliphatic heterocycles. The molecule has 22 heavy (non-hydrogen) atoms. The number of aromatic nitrogens is 2. The Morgan fingerprint density at radius 3 is 2.73 bits per heavy atom. The predicted octanol–water partition coefficient (Wildman–Crippen LogP) is 2.49. The van der Waals surface area contributed by atoms with Gasteiger partial charge in [-0.25, -0.2) is 4.98 Å². The molecule has 0 atom stereocenters. The molecule has 0 saturated carbocycles. The van der Waals surface area contributed by atoms with Gasteiger partial charge in [0.15, 0.2) is 5.82 Å². The summed E-state index contributed by atoms with van der Waals surface area (Å²) < 4.78 is 10.2. The summed E-state index contributed by atoms with van der Waals surface area (Å²) in [5.74, 6) is 1.91. The molecule has 2 N–H and O–H groups in total. The average Bonchev–Trinajstić information content (AvgIpc) is 2.95. The van der Waals surface area contributed by atoms with Gasteiger partial charge < -0.3 is 19.9 Å². The van der Waals surface area contributed by atoms with E-state index in [0.29, 0.717) is 24.8 Å². The minimum atomic E-state index is 0.00337. The molecule has 0 radical (unpaired) electrons. The van der Waals surface area contributed by atoms with E-state index in [0.717, 1.165) is 24.3 Å². The van der Waals surface area contributed by atoms with Crippen molar-refractivity contribution in [3.63, 3.8) is 0 Å². The van der Waals surface area contributed by atoms with E-state index in [1.165, 1.54) is 0 Å². The number of hydrogen-bond acceptors (Lipinski definition) is 6. The van der Waals surface area contributed by atoms with Gasteiger partial charge in [0.05, 0.1) is 11.9 Å². The number of ether oxygens (including phenoxy) is 1. The number of nitrogens with zero attached hydrogens (tertiary/aromatic N) is 2. The molecule has 0 bridgehead atoms. The second-order valence-electron chi connectivity index (χ2n) is 5.26. The van der Waals surface area contributed by atoms with Gasteiger partial charge in [0.1, 0.15) is 11.6 Å². The van der Waals surface area contributed by atoms with Gasteiger partial charge >= 0.3 is 0 Å². The van der Waals surface area contributed by atoms with Crippen LogP contribution in [0.5, 0.6) is 0 Å². The van der Waals surface area contributed by atoms with Crippen LogP contribution in [0.3, 0.4) is 0 Å². The van der Waals surface area contributed by atoms with Crippen molar-refractivity contribution >= 4 is 23.2 Å². The third kappa shape index (κ3) is 3.62. The second kappa shape index (κ2) is 6.57. The number of amides is 1. The fourth-order valence-electron chi connectivity index (χ4n) is 2.30. The van der Waals surface area contributed by atoms with Gasteiger partial charge in [-0.2, -0.15) is 0 Å². The highest BCUT2D eigenvalue weighted by molar-refractivity contribution is 5.91. The first kappa shape index (κ1) is 14.5. The van der Waals surface area contributed by atoms with Crippen molar-refractivity contribution in [2.24, 2.45) is 5.92 Å². The van der Waals surface area contributed by atoms with Crippen molar-refractivity contribution in [2.75, 3.05) is 23.8 Å². The second-order valence-corrected chi connectivity index (χ2v) is 5.26. The van der Waals surface area contributed by atoms with Crippen LogP contribution in [-0.4, -0.2) is 29.3 Å². The van der Waals surface area contributed by atoms with Gasteiger partial charge in [0.2, 0.25) is 5.91 Å². The Morgan fingerprint density at radius 2 is 2.09 bits per heavy atom. The molecule has 3 heterocycles. The van der Waals surface area contributed by atoms with E-state index in [9.17, 15) is 4.79 Å². The van der Waals surface area contributed by atoms with E-state index in [1.807, 2.05) is 13.0 Å². The number of carbonyl (C=O) groups is 1. The van der Waals surface area contributed by atoms with Gasteiger partial charge in [-0.1, -0.05) is 5.16 Å². The molecule has 0 unspecified atom stereocenters. The van der Waals surface area contributed by atoms with Crippen LogP contribution in [0.2, 0.25) is 0 Å². The Hall–Kier alpha value is -2.41. The summed E-state index contributed by atoms with van der Waals surface area (Å²) in [6.07, 6.45) is 3.16. The van der Waals surface area contributed by atoms with Crippen LogP contribution in [0.1, 0.15) is 18.6 Å². The van der Waals surface area contributed by atoms with Crippen molar-refractivity contribution in [3.05, 3.63) is 30.2 Å². The highest BCUT2D eigenvalue weighted by atomic mass is 16.5. The number of rotatable bonds is 4. The minimum Gasteiger partial charge on any atom is -0.381 e. The normalized spacial score (nSPS) is 15.5. The average molecular weight is 302 g/mol. The first-order chi connectivity index (χ1) is 10.7. The molecule has 0 spiro atoms. The summed E-state index contributed by atoms with van der Waals surface area (Å²) in [6, 6.07) is 5.38. The van der Waals surface area contributed by atoms with Crippen LogP contribution >= 0.6 is 0 Å². The number of anilines is 3. The molecular weight excluding hydrogens is 284 g/mol. The lowest BCUT2D eigenvalue weighted by atomic mass is 9.99. The maximum atomic E-state index is 12.1. The minimum absolute atomic E-state index is 0.00337. The van der Waals surface area contributed by atoms with Crippen molar-refractivity contribution in [1.29, 1.82) is 0 Å². The molecule has 0 aromatic carbocycles. The lowest BCUT2D eigenvalue weighted by Gasteiger charge is -2.20. The van der Waals surface area contributed by atoms with Gasteiger partial charge in [0, 0.05) is 25.2 Å². The van der Waals surface area contributed by atoms with Crippen LogP contribution in [-0.2, 0) is 9.53 Å². The quantitative estimate of drug-likeness (QED) is 0.902. The summed E-state index contributed by atoms with van der Waals surface area (Å²) in [7, 11) is 0. The largest absolute Gasteiger partial charge is 0.381 e. The summed E-state index contributed by atoms with van der Waals surface area (Å²) in [5, 5.41) is 9.76. The Bertz CT molecular complexity index is 632. The number of nitrogens with one attached hydrogen (secondary N) is 2. The van der Waals surface area contributed by atoms with Crippen molar-refractivity contribution in [1.82, 2.24) is 10.1 Å². The molecule has 1 amide bonds. The molecule has 1 fully saturated rings. The zero-order valence-corrected chi connectivity index (χ0v) is 12.3. The van der Waals surface area contributed by atoms with E-state index >= 15 is 0 Å². The van der Waals surface area contributed by atoms with Gasteiger partial charge in [0.25, 0.3) is 0 Å². The van der Waals surface area contributed by atoms with E-state index < -0.39 is 0 Å². The summed E-state index contributed by atoms with van der Waals surface area (Å²) in [5.41, 5.74) is 0.775. The molecule has 7 heteroatoms. The topological polar surface area (TPSA) is 89.3 Å². The number of pyridine rings is 1. The summed E-state index contributed by atoms with van der Waals surface area (Å²) in [6.45, 7) is 3.11. The highest BCUT2D eigenvalue weighted by Crippen LogP contribution is 2.19. The lowest BCUT2D eigenvalue weighted by Crippen LogP contribution is -2.28. The maximum Gasteiger partial charge on any atom is 0.228 e. The fraction of sp³-hybridized carbons (Fsp3) is 0.400. The van der Waals surface area contributed by atoms with Crippen LogP contribution in [0, 0.1) is 12.8 Å². The first-order valence-electron chi connectivity index (χ1n) is 7.26. The Balaban J connectivity index is 1.57. The third-order valence-electron chi connectivity index (χ3n) is 3.51. The SMILES string of the molecule is Cc1cc(Nc2ccc(NC(=O)C3CCOCC3)nc2)no1. The Morgan fingerprint density at radius 1 is 1.27 bits per heavy atom. The lowest BCUT2D eigenvalue weighted by molar-refractivity contribution is -0.122. The summed E-state index contributed by atoms with van der Waals surface area (Å²) in [4.78, 5) is 16.3. The van der Waals surface area contributed by atoms with Gasteiger partial charge in [-0.3, -0.25) is 4.79 Å². The highest BCUT2D eigenvalue weighted by Gasteiger charge is 2.21. The zero-order chi connectivity index (χ0) is 15.4. The molecule has 3 rings (SSSR count). The van der Waals surface area contributed by atoms with Crippen LogP contribution in [0.15, 0.2) is 28.9 Å². The maximum absolute atomic E-state index is 12.1. The summed E-state index contributed by atoms with van der Waals surface area (Å²) >= 11 is 0. The van der Waals surface area contributed by atoms with E-state index in [4.69, 9.17) is 9.26 Å². The fourth-order valence-corrected chi connectivity index (χ4v) is 2.30. The number of carbonyl (C=O) groups excluding carboxylic acids is 1. The molecule has 0 aliphatic carbocycles. The van der Waals surface area contributed by atoms with E-state index in [2.05, 4.69) is 20.8 Å². The van der Waals surface area contributed by atoms with Gasteiger partial charge in [-0.15, -0.1) is 0 Å². The monoisotopic (exact) mass is 302 g/mol. The zero-order valence-electron chi connectivity index (χ0n) is 12.3. The van der Waals surface area contributed by atoms with Crippen LogP contribution < -0.4 is 10.6 Å². The molecule has 7 nitrogen and oxygen atoms in total. The number of aryl methyl sites for hydroxylation is 1. The van der Waals surface area contributed by atoms with Crippen LogP contribution in [0.4, 0.5) is 17.3 Å². The molecule has 2 aromatic heterocycles. The first-order valence-corrected chi connectivity index (χ1v) is 7.26. The third-order valence-corrected chi connectivity index (χ3v) is 3.51. The predicted molar refractivity (Wildman–Crippen MR) is 80.9 cm³/mol. The van der Waals surface area contributed by atoms with Crippen molar-refractivity contribution in [3.8, 4) is 0 Å². The standard InChI is InChI=1S/C15H18N4O3/c1-10-8-14(19-22-10)17-12-2-3-13(16-9-12)18-15(20)11-4-6-21-7-5-11/h2-3,8-9,11H,4-7H2,1H3,(H,17,19)(H,16,18,20). The van der Waals surface area contributed by atoms with E-state index in [-0.39, 0.29) is 11.8 Å². The Kier molecular flexibility index (Phi) is 4.34. The number of hydrogen-bond donors (Lipinski definition) is 2. The van der Waals surface area contributed by atoms with Crippen molar-refractivity contribution in [2.45, 2.75) is 19.8 Å². The van der Waals surface area contributed by atoms with Crippen LogP contribution in [0.25, 0.3) is 0 Å². The smallest absolute Gasteiger partial charge is 0.228 e. The van der Waals surface area contributed by atoms with Gasteiger partial charge in [-0.05, 0) is 31.9 Å². The molecular formula is C15H18N4O3. The molecule has 1 saturated heterocycles. The molecule has 116 valence electrons. The Labute approximate surface area is 128 Å². The molecule has 1 aliphatic rings.